The van der Waals surface area contributed by atoms with Crippen molar-refractivity contribution in [2.45, 2.75) is 6.92 Å². The van der Waals surface area contributed by atoms with Crippen LogP contribution in [-0.4, -0.2) is 11.1 Å². The minimum Gasteiger partial charge on any atom is -0.478 e. The van der Waals surface area contributed by atoms with E-state index in [4.69, 9.17) is 9.84 Å². The molecular weight excluding hydrogens is 264 g/mol. The van der Waals surface area contributed by atoms with Crippen molar-refractivity contribution < 1.29 is 14.6 Å². The molecule has 0 unspecified atom stereocenters. The summed E-state index contributed by atoms with van der Waals surface area (Å²) in [5.41, 5.74) is 1.06. The number of hydrogen-bond acceptors (Lipinski definition) is 2. The molecule has 0 spiro atoms. The first-order valence-electron chi connectivity index (χ1n) is 6.65. The maximum absolute atomic E-state index is 11.0. The zero-order valence-corrected chi connectivity index (χ0v) is 11.5. The minimum atomic E-state index is -0.935. The Bertz CT molecular complexity index is 816. The van der Waals surface area contributed by atoms with E-state index < -0.39 is 5.97 Å². The lowest BCUT2D eigenvalue weighted by Crippen LogP contribution is -1.97. The van der Waals surface area contributed by atoms with Gasteiger partial charge in [-0.25, -0.2) is 4.79 Å². The highest BCUT2D eigenvalue weighted by atomic mass is 16.5. The molecule has 3 rings (SSSR count). The summed E-state index contributed by atoms with van der Waals surface area (Å²) < 4.78 is 5.96. The number of benzene rings is 3. The third-order valence-corrected chi connectivity index (χ3v) is 3.39. The monoisotopic (exact) mass is 278 g/mol. The van der Waals surface area contributed by atoms with Crippen molar-refractivity contribution in [1.29, 1.82) is 0 Å². The molecule has 0 fully saturated rings. The van der Waals surface area contributed by atoms with Gasteiger partial charge in [0, 0.05) is 5.39 Å². The van der Waals surface area contributed by atoms with E-state index in [0.29, 0.717) is 5.75 Å². The Morgan fingerprint density at radius 2 is 1.71 bits per heavy atom. The number of aryl methyl sites for hydroxylation is 1. The van der Waals surface area contributed by atoms with Gasteiger partial charge in [-0.3, -0.25) is 0 Å². The van der Waals surface area contributed by atoms with Gasteiger partial charge in [-0.1, -0.05) is 36.4 Å². The number of hydrogen-bond donors (Lipinski definition) is 1. The number of fused-ring (bicyclic) bond motifs is 1. The minimum absolute atomic E-state index is 0.262. The molecule has 104 valence electrons. The summed E-state index contributed by atoms with van der Waals surface area (Å²) in [7, 11) is 0. The molecule has 0 aliphatic carbocycles. The smallest absolute Gasteiger partial charge is 0.335 e. The average Bonchev–Trinajstić information content (AvgIpc) is 2.49. The van der Waals surface area contributed by atoms with Crippen LogP contribution in [0.3, 0.4) is 0 Å². The number of ether oxygens (including phenoxy) is 1. The van der Waals surface area contributed by atoms with Crippen LogP contribution in [0.15, 0.2) is 60.7 Å². The molecule has 0 heterocycles. The molecule has 0 bridgehead atoms. The summed E-state index contributed by atoms with van der Waals surface area (Å²) in [6.07, 6.45) is 0. The molecule has 0 saturated heterocycles. The number of carbonyl (C=O) groups is 1. The molecule has 3 aromatic carbocycles. The lowest BCUT2D eigenvalue weighted by molar-refractivity contribution is 0.0697. The highest BCUT2D eigenvalue weighted by molar-refractivity contribution is 5.89. The second-order valence-corrected chi connectivity index (χ2v) is 4.86. The quantitative estimate of drug-likeness (QED) is 0.759. The van der Waals surface area contributed by atoms with Gasteiger partial charge in [0.2, 0.25) is 0 Å². The first-order chi connectivity index (χ1) is 10.1. The third kappa shape index (κ3) is 2.58. The molecule has 3 nitrogen and oxygen atoms in total. The fraction of sp³-hybridized carbons (Fsp3) is 0.0556. The van der Waals surface area contributed by atoms with Crippen LogP contribution in [0.25, 0.3) is 10.8 Å². The number of carboxylic acid groups (broad SMARTS) is 1. The molecule has 0 amide bonds. The predicted octanol–water partition coefficient (Wildman–Crippen LogP) is 4.64. The number of aromatic carboxylic acids is 1. The largest absolute Gasteiger partial charge is 0.478 e. The molecular formula is C18H14O3. The van der Waals surface area contributed by atoms with Gasteiger partial charge in [0.25, 0.3) is 0 Å². The van der Waals surface area contributed by atoms with Crippen molar-refractivity contribution in [3.05, 3.63) is 71.8 Å². The van der Waals surface area contributed by atoms with E-state index >= 15 is 0 Å². The van der Waals surface area contributed by atoms with Crippen LogP contribution in [0.5, 0.6) is 11.5 Å². The SMILES string of the molecule is Cc1cc(C(=O)O)ccc1Oc1cccc2ccccc12. The number of rotatable bonds is 3. The molecule has 0 aliphatic heterocycles. The first-order valence-corrected chi connectivity index (χ1v) is 6.65. The van der Waals surface area contributed by atoms with E-state index in [2.05, 4.69) is 0 Å². The Morgan fingerprint density at radius 1 is 0.952 bits per heavy atom. The van der Waals surface area contributed by atoms with Crippen molar-refractivity contribution in [3.8, 4) is 11.5 Å². The van der Waals surface area contributed by atoms with E-state index in [0.717, 1.165) is 22.1 Å². The molecule has 0 saturated carbocycles. The van der Waals surface area contributed by atoms with E-state index in [9.17, 15) is 4.79 Å². The van der Waals surface area contributed by atoms with Crippen molar-refractivity contribution >= 4 is 16.7 Å². The van der Waals surface area contributed by atoms with Crippen LogP contribution in [0.4, 0.5) is 0 Å². The van der Waals surface area contributed by atoms with Gasteiger partial charge in [-0.05, 0) is 42.1 Å². The van der Waals surface area contributed by atoms with E-state index in [1.807, 2.05) is 49.4 Å². The maximum atomic E-state index is 11.0. The van der Waals surface area contributed by atoms with Crippen molar-refractivity contribution in [2.75, 3.05) is 0 Å². The van der Waals surface area contributed by atoms with Gasteiger partial charge in [0.05, 0.1) is 5.56 Å². The summed E-state index contributed by atoms with van der Waals surface area (Å²) in [4.78, 5) is 11.0. The van der Waals surface area contributed by atoms with Gasteiger partial charge in [-0.15, -0.1) is 0 Å². The van der Waals surface area contributed by atoms with Crippen LogP contribution >= 0.6 is 0 Å². The Hall–Kier alpha value is -2.81. The maximum Gasteiger partial charge on any atom is 0.335 e. The molecule has 3 heteroatoms. The van der Waals surface area contributed by atoms with Gasteiger partial charge in [0.1, 0.15) is 11.5 Å². The molecule has 0 atom stereocenters. The predicted molar refractivity (Wildman–Crippen MR) is 82.2 cm³/mol. The molecule has 0 aromatic heterocycles. The van der Waals surface area contributed by atoms with Crippen LogP contribution in [0.1, 0.15) is 15.9 Å². The van der Waals surface area contributed by atoms with E-state index in [1.54, 1.807) is 18.2 Å². The lowest BCUT2D eigenvalue weighted by atomic mass is 10.1. The Kier molecular flexibility index (Phi) is 3.32. The van der Waals surface area contributed by atoms with Crippen LogP contribution in [0.2, 0.25) is 0 Å². The lowest BCUT2D eigenvalue weighted by Gasteiger charge is -2.11. The van der Waals surface area contributed by atoms with Gasteiger partial charge in [-0.2, -0.15) is 0 Å². The Balaban J connectivity index is 2.01. The summed E-state index contributed by atoms with van der Waals surface area (Å²) >= 11 is 0. The highest BCUT2D eigenvalue weighted by Crippen LogP contribution is 2.31. The third-order valence-electron chi connectivity index (χ3n) is 3.39. The van der Waals surface area contributed by atoms with Crippen molar-refractivity contribution in [2.24, 2.45) is 0 Å². The average molecular weight is 278 g/mol. The van der Waals surface area contributed by atoms with E-state index in [1.165, 1.54) is 0 Å². The zero-order valence-electron chi connectivity index (χ0n) is 11.5. The first kappa shape index (κ1) is 13.2. The fourth-order valence-corrected chi connectivity index (χ4v) is 2.30. The highest BCUT2D eigenvalue weighted by Gasteiger charge is 2.08. The molecule has 0 radical (unpaired) electrons. The summed E-state index contributed by atoms with van der Waals surface area (Å²) in [5, 5.41) is 11.1. The summed E-state index contributed by atoms with van der Waals surface area (Å²) in [6.45, 7) is 1.84. The molecule has 21 heavy (non-hydrogen) atoms. The van der Waals surface area contributed by atoms with Crippen molar-refractivity contribution in [3.63, 3.8) is 0 Å². The van der Waals surface area contributed by atoms with E-state index in [-0.39, 0.29) is 5.56 Å². The standard InChI is InChI=1S/C18H14O3/c1-12-11-14(18(19)20)9-10-16(12)21-17-8-4-6-13-5-2-3-7-15(13)17/h2-11H,1H3,(H,19,20). The molecule has 0 aliphatic rings. The van der Waals surface area contributed by atoms with Gasteiger partial charge >= 0.3 is 5.97 Å². The Morgan fingerprint density at radius 3 is 2.48 bits per heavy atom. The second kappa shape index (κ2) is 5.29. The summed E-state index contributed by atoms with van der Waals surface area (Å²) in [6, 6.07) is 18.7. The number of carboxylic acids is 1. The van der Waals surface area contributed by atoms with Gasteiger partial charge < -0.3 is 9.84 Å². The van der Waals surface area contributed by atoms with Crippen LogP contribution < -0.4 is 4.74 Å². The Labute approximate surface area is 122 Å². The van der Waals surface area contributed by atoms with Crippen LogP contribution in [0, 0.1) is 6.92 Å². The molecule has 3 aromatic rings. The van der Waals surface area contributed by atoms with Crippen LogP contribution in [-0.2, 0) is 0 Å². The molecule has 1 N–H and O–H groups in total. The van der Waals surface area contributed by atoms with Crippen molar-refractivity contribution in [1.82, 2.24) is 0 Å². The summed E-state index contributed by atoms with van der Waals surface area (Å²) in [5.74, 6) is 0.491. The zero-order chi connectivity index (χ0) is 14.8. The van der Waals surface area contributed by atoms with Gasteiger partial charge in [0.15, 0.2) is 0 Å². The topological polar surface area (TPSA) is 46.5 Å². The normalized spacial score (nSPS) is 10.5. The second-order valence-electron chi connectivity index (χ2n) is 4.86. The fourth-order valence-electron chi connectivity index (χ4n) is 2.30.